The Morgan fingerprint density at radius 3 is 2.64 bits per heavy atom. The van der Waals surface area contributed by atoms with Crippen molar-refractivity contribution in [3.05, 3.63) is 16.1 Å². The lowest BCUT2D eigenvalue weighted by atomic mass is 9.93. The third-order valence-electron chi connectivity index (χ3n) is 5.57. The number of guanidine groups is 1. The van der Waals surface area contributed by atoms with Crippen LogP contribution in [0.3, 0.4) is 0 Å². The summed E-state index contributed by atoms with van der Waals surface area (Å²) in [5.41, 5.74) is 1.28. The van der Waals surface area contributed by atoms with E-state index in [1.54, 1.807) is 11.3 Å². The second-order valence-electron chi connectivity index (χ2n) is 9.01. The molecule has 3 rings (SSSR count). The Morgan fingerprint density at radius 1 is 1.25 bits per heavy atom. The molecule has 3 heterocycles. The Morgan fingerprint density at radius 2 is 2.00 bits per heavy atom. The molecule has 7 heteroatoms. The molecule has 5 nitrogen and oxygen atoms in total. The third-order valence-corrected chi connectivity index (χ3v) is 6.40. The van der Waals surface area contributed by atoms with Gasteiger partial charge in [0.2, 0.25) is 0 Å². The van der Waals surface area contributed by atoms with Crippen molar-refractivity contribution in [3.8, 4) is 0 Å². The van der Waals surface area contributed by atoms with Gasteiger partial charge in [0.15, 0.2) is 5.96 Å². The SMILES string of the molecule is CCNC(=NCc1nc(C(C)(C)C)cs1)N1CCC(CN2CCCCC2)C1.I. The first-order valence-corrected chi connectivity index (χ1v) is 11.5. The van der Waals surface area contributed by atoms with Crippen LogP contribution in [0.4, 0.5) is 0 Å². The highest BCUT2D eigenvalue weighted by atomic mass is 127. The normalized spacial score (nSPS) is 21.6. The molecule has 1 unspecified atom stereocenters. The number of aromatic nitrogens is 1. The molecule has 0 spiro atoms. The van der Waals surface area contributed by atoms with Crippen molar-refractivity contribution in [1.29, 1.82) is 0 Å². The number of nitrogens with one attached hydrogen (secondary N) is 1. The van der Waals surface area contributed by atoms with Crippen molar-refractivity contribution in [2.45, 2.75) is 65.3 Å². The van der Waals surface area contributed by atoms with Crippen LogP contribution in [-0.4, -0.2) is 60.0 Å². The zero-order valence-corrected chi connectivity index (χ0v) is 21.2. The predicted octanol–water partition coefficient (Wildman–Crippen LogP) is 4.33. The van der Waals surface area contributed by atoms with Gasteiger partial charge in [0.05, 0.1) is 12.2 Å². The molecule has 0 bridgehead atoms. The summed E-state index contributed by atoms with van der Waals surface area (Å²) in [6, 6.07) is 0. The van der Waals surface area contributed by atoms with Crippen LogP contribution >= 0.6 is 35.3 Å². The number of thiazole rings is 1. The van der Waals surface area contributed by atoms with Crippen LogP contribution in [0.25, 0.3) is 0 Å². The molecule has 0 amide bonds. The van der Waals surface area contributed by atoms with Crippen molar-refractivity contribution in [3.63, 3.8) is 0 Å². The molecule has 0 aromatic carbocycles. The topological polar surface area (TPSA) is 43.8 Å². The van der Waals surface area contributed by atoms with E-state index in [9.17, 15) is 0 Å². The molecule has 1 atom stereocenters. The summed E-state index contributed by atoms with van der Waals surface area (Å²) in [5, 5.41) is 6.79. The largest absolute Gasteiger partial charge is 0.357 e. The van der Waals surface area contributed by atoms with Gasteiger partial charge in [-0.05, 0) is 45.2 Å². The summed E-state index contributed by atoms with van der Waals surface area (Å²) < 4.78 is 0. The van der Waals surface area contributed by atoms with E-state index in [1.807, 2.05) is 0 Å². The average Bonchev–Trinajstić information content (AvgIpc) is 3.29. The molecule has 2 saturated heterocycles. The molecule has 2 fully saturated rings. The first kappa shape index (κ1) is 23.9. The minimum absolute atomic E-state index is 0. The Balaban J connectivity index is 0.00000280. The van der Waals surface area contributed by atoms with Gasteiger partial charge in [-0.1, -0.05) is 27.2 Å². The summed E-state index contributed by atoms with van der Waals surface area (Å²) in [7, 11) is 0. The molecule has 160 valence electrons. The summed E-state index contributed by atoms with van der Waals surface area (Å²) >= 11 is 1.73. The van der Waals surface area contributed by atoms with Crippen LogP contribution < -0.4 is 5.32 Å². The van der Waals surface area contributed by atoms with Gasteiger partial charge in [0.1, 0.15) is 5.01 Å². The molecule has 28 heavy (non-hydrogen) atoms. The summed E-state index contributed by atoms with van der Waals surface area (Å²) in [5.74, 6) is 1.84. The number of piperidine rings is 1. The van der Waals surface area contributed by atoms with Crippen molar-refractivity contribution < 1.29 is 0 Å². The molecule has 2 aliphatic heterocycles. The van der Waals surface area contributed by atoms with Crippen LogP contribution in [0.1, 0.15) is 64.1 Å². The lowest BCUT2D eigenvalue weighted by Gasteiger charge is -2.29. The monoisotopic (exact) mass is 519 g/mol. The van der Waals surface area contributed by atoms with E-state index < -0.39 is 0 Å². The van der Waals surface area contributed by atoms with E-state index in [0.717, 1.165) is 36.5 Å². The molecule has 0 saturated carbocycles. The number of hydrogen-bond donors (Lipinski definition) is 1. The highest BCUT2D eigenvalue weighted by Gasteiger charge is 2.27. The van der Waals surface area contributed by atoms with Gasteiger partial charge >= 0.3 is 0 Å². The average molecular weight is 520 g/mol. The number of nitrogens with zero attached hydrogens (tertiary/aromatic N) is 4. The predicted molar refractivity (Wildman–Crippen MR) is 131 cm³/mol. The van der Waals surface area contributed by atoms with Gasteiger partial charge in [-0.2, -0.15) is 0 Å². The highest BCUT2D eigenvalue weighted by Crippen LogP contribution is 2.24. The number of halogens is 1. The van der Waals surface area contributed by atoms with E-state index in [2.05, 4.69) is 48.2 Å². The van der Waals surface area contributed by atoms with Gasteiger partial charge in [-0.25, -0.2) is 9.98 Å². The lowest BCUT2D eigenvalue weighted by Crippen LogP contribution is -2.41. The smallest absolute Gasteiger partial charge is 0.194 e. The van der Waals surface area contributed by atoms with Crippen molar-refractivity contribution in [2.24, 2.45) is 10.9 Å². The van der Waals surface area contributed by atoms with E-state index >= 15 is 0 Å². The zero-order chi connectivity index (χ0) is 19.3. The molecular weight excluding hydrogens is 481 g/mol. The Hall–Kier alpha value is -0.410. The Bertz CT molecular complexity index is 619. The molecule has 2 aliphatic rings. The molecule has 0 radical (unpaired) electrons. The maximum Gasteiger partial charge on any atom is 0.194 e. The summed E-state index contributed by atoms with van der Waals surface area (Å²) in [6.45, 7) is 16.5. The van der Waals surface area contributed by atoms with Crippen LogP contribution in [0.5, 0.6) is 0 Å². The van der Waals surface area contributed by atoms with Crippen molar-refractivity contribution >= 4 is 41.3 Å². The van der Waals surface area contributed by atoms with Gasteiger partial charge < -0.3 is 15.1 Å². The minimum atomic E-state index is 0. The van der Waals surface area contributed by atoms with Gasteiger partial charge in [0.25, 0.3) is 0 Å². The zero-order valence-electron chi connectivity index (χ0n) is 18.0. The minimum Gasteiger partial charge on any atom is -0.357 e. The maximum atomic E-state index is 4.91. The fraction of sp³-hybridized carbons (Fsp3) is 0.810. The quantitative estimate of drug-likeness (QED) is 0.357. The van der Waals surface area contributed by atoms with E-state index in [4.69, 9.17) is 9.98 Å². The summed E-state index contributed by atoms with van der Waals surface area (Å²) in [6.07, 6.45) is 5.46. The fourth-order valence-electron chi connectivity index (χ4n) is 3.98. The molecule has 1 aromatic heterocycles. The van der Waals surface area contributed by atoms with Gasteiger partial charge in [-0.15, -0.1) is 35.3 Å². The van der Waals surface area contributed by atoms with Gasteiger partial charge in [0, 0.05) is 37.0 Å². The van der Waals surface area contributed by atoms with Crippen molar-refractivity contribution in [1.82, 2.24) is 20.1 Å². The Kier molecular flexibility index (Phi) is 9.47. The number of hydrogen-bond acceptors (Lipinski definition) is 4. The van der Waals surface area contributed by atoms with Crippen LogP contribution in [0.2, 0.25) is 0 Å². The maximum absolute atomic E-state index is 4.91. The molecular formula is C21H38IN5S. The number of aliphatic imine (C=N–C) groups is 1. The van der Waals surface area contributed by atoms with Gasteiger partial charge in [-0.3, -0.25) is 0 Å². The standard InChI is InChI=1S/C21H37N5S.HI/c1-5-22-20(23-13-19-24-18(16-27-19)21(2,3)4)26-12-9-17(15-26)14-25-10-7-6-8-11-25;/h16-17H,5-15H2,1-4H3,(H,22,23);1H. The van der Waals surface area contributed by atoms with E-state index in [0.29, 0.717) is 6.54 Å². The number of likely N-dealkylation sites (tertiary alicyclic amines) is 2. The summed E-state index contributed by atoms with van der Waals surface area (Å²) in [4.78, 5) is 14.8. The van der Waals surface area contributed by atoms with Crippen LogP contribution in [0, 0.1) is 5.92 Å². The van der Waals surface area contributed by atoms with E-state index in [1.165, 1.54) is 51.0 Å². The van der Waals surface area contributed by atoms with Crippen LogP contribution in [-0.2, 0) is 12.0 Å². The lowest BCUT2D eigenvalue weighted by molar-refractivity contribution is 0.198. The van der Waals surface area contributed by atoms with Crippen LogP contribution in [0.15, 0.2) is 10.4 Å². The Labute approximate surface area is 192 Å². The van der Waals surface area contributed by atoms with Crippen molar-refractivity contribution in [2.75, 3.05) is 39.3 Å². The van der Waals surface area contributed by atoms with E-state index in [-0.39, 0.29) is 29.4 Å². The second-order valence-corrected chi connectivity index (χ2v) is 9.95. The third kappa shape index (κ3) is 6.83. The second kappa shape index (κ2) is 11.1. The number of rotatable bonds is 5. The first-order valence-electron chi connectivity index (χ1n) is 10.7. The highest BCUT2D eigenvalue weighted by molar-refractivity contribution is 14.0. The molecule has 0 aliphatic carbocycles. The molecule has 1 aromatic rings. The fourth-order valence-corrected chi connectivity index (χ4v) is 4.92. The molecule has 1 N–H and O–H groups in total. The first-order chi connectivity index (χ1) is 13.0.